The monoisotopic (exact) mass is 661 g/mol. The molecule has 2 N–H and O–H groups in total. The van der Waals surface area contributed by atoms with Gasteiger partial charge in [0.05, 0.1) is 23.3 Å². The molecule has 0 unspecified atom stereocenters. The van der Waals surface area contributed by atoms with Gasteiger partial charge in [0.1, 0.15) is 30.5 Å². The Morgan fingerprint density at radius 1 is 1.13 bits per heavy atom. The highest BCUT2D eigenvalue weighted by Gasteiger charge is 2.34. The van der Waals surface area contributed by atoms with Crippen LogP contribution in [0.5, 0.6) is 5.75 Å². The van der Waals surface area contributed by atoms with Crippen molar-refractivity contribution >= 4 is 36.5 Å². The number of pyridine rings is 1. The maximum absolute atomic E-state index is 13.3. The molecule has 5 rings (SSSR count). The fraction of sp³-hybridized carbons (Fsp3) is 0.562. The number of carbonyl (C=O) groups is 2. The number of carbonyl (C=O) groups excluding carboxylic acids is 2. The van der Waals surface area contributed by atoms with Gasteiger partial charge in [-0.15, -0.1) is 0 Å². The third kappa shape index (κ3) is 8.45. The lowest BCUT2D eigenvalue weighted by molar-refractivity contribution is -0.141. The van der Waals surface area contributed by atoms with E-state index in [1.54, 1.807) is 17.0 Å². The first-order chi connectivity index (χ1) is 21.8. The van der Waals surface area contributed by atoms with E-state index in [1.807, 2.05) is 10.9 Å². The third-order valence-electron chi connectivity index (χ3n) is 8.70. The van der Waals surface area contributed by atoms with Gasteiger partial charge in [-0.2, -0.15) is 18.3 Å². The van der Waals surface area contributed by atoms with Crippen LogP contribution in [0.25, 0.3) is 10.9 Å². The minimum atomic E-state index is -4.70. The van der Waals surface area contributed by atoms with Crippen molar-refractivity contribution in [2.45, 2.75) is 82.5 Å². The molecule has 1 aliphatic heterocycles. The number of hydrogen-bond acceptors (Lipinski definition) is 7. The first-order valence-corrected chi connectivity index (χ1v) is 19.5. The molecule has 0 bridgehead atoms. The summed E-state index contributed by atoms with van der Waals surface area (Å²) in [5, 5.41) is 17.7. The van der Waals surface area contributed by atoms with Crippen molar-refractivity contribution in [1.82, 2.24) is 19.7 Å². The van der Waals surface area contributed by atoms with Crippen molar-refractivity contribution in [3.8, 4) is 5.75 Å². The van der Waals surface area contributed by atoms with E-state index >= 15 is 0 Å². The number of alkyl halides is 3. The van der Waals surface area contributed by atoms with Gasteiger partial charge in [0.15, 0.2) is 0 Å². The molecule has 14 heteroatoms. The van der Waals surface area contributed by atoms with E-state index in [9.17, 15) is 27.9 Å². The van der Waals surface area contributed by atoms with Crippen molar-refractivity contribution in [1.29, 1.82) is 0 Å². The zero-order chi connectivity index (χ0) is 33.1. The number of amides is 2. The van der Waals surface area contributed by atoms with Crippen LogP contribution in [0, 0.1) is 5.92 Å². The van der Waals surface area contributed by atoms with Crippen LogP contribution in [0.15, 0.2) is 36.5 Å². The molecule has 0 spiro atoms. The van der Waals surface area contributed by atoms with Gasteiger partial charge in [-0.1, -0.05) is 25.7 Å². The summed E-state index contributed by atoms with van der Waals surface area (Å²) in [4.78, 5) is 31.0. The summed E-state index contributed by atoms with van der Waals surface area (Å²) in [6.07, 6.45) is 1.69. The molecule has 2 aliphatic rings. The smallest absolute Gasteiger partial charge is 0.433 e. The lowest BCUT2D eigenvalue weighted by atomic mass is 9.87. The van der Waals surface area contributed by atoms with Crippen LogP contribution in [0.4, 0.5) is 18.9 Å². The van der Waals surface area contributed by atoms with E-state index in [0.717, 1.165) is 49.2 Å². The zero-order valence-corrected chi connectivity index (χ0v) is 27.5. The number of aliphatic hydroxyl groups is 1. The van der Waals surface area contributed by atoms with Crippen molar-refractivity contribution < 1.29 is 37.3 Å². The first kappa shape index (κ1) is 33.9. The number of nitrogens with one attached hydrogen (secondary N) is 1. The normalized spacial score (nSPS) is 20.8. The molecule has 250 valence electrons. The SMILES string of the molecule is C[Si](C)(C)CCOCN1C(=O)CC[C@H]1COc1cc2nn([C@H]3CC[C@H](CO)CC3)cc2cc1NC(=O)c1cccc(C(F)(F)F)n1. The average molecular weight is 662 g/mol. The Balaban J connectivity index is 1.37. The van der Waals surface area contributed by atoms with Crippen LogP contribution < -0.4 is 10.1 Å². The number of nitrogens with zero attached hydrogens (tertiary/aromatic N) is 4. The molecule has 1 aliphatic carbocycles. The fourth-order valence-electron chi connectivity index (χ4n) is 5.84. The fourth-order valence-corrected chi connectivity index (χ4v) is 6.60. The van der Waals surface area contributed by atoms with Gasteiger partial charge in [0.25, 0.3) is 5.91 Å². The lowest BCUT2D eigenvalue weighted by Gasteiger charge is -2.27. The van der Waals surface area contributed by atoms with Gasteiger partial charge >= 0.3 is 6.18 Å². The number of aromatic nitrogens is 3. The minimum Gasteiger partial charge on any atom is -0.489 e. The number of halogens is 3. The van der Waals surface area contributed by atoms with Crippen LogP contribution in [-0.4, -0.2) is 77.3 Å². The van der Waals surface area contributed by atoms with Crippen LogP contribution in [0.3, 0.4) is 0 Å². The van der Waals surface area contributed by atoms with Crippen LogP contribution in [-0.2, 0) is 15.7 Å². The predicted octanol–water partition coefficient (Wildman–Crippen LogP) is 6.11. The molecule has 46 heavy (non-hydrogen) atoms. The van der Waals surface area contributed by atoms with Crippen molar-refractivity contribution in [3.05, 3.63) is 47.9 Å². The third-order valence-corrected chi connectivity index (χ3v) is 10.4. The molecule has 2 amide bonds. The Kier molecular flexibility index (Phi) is 10.4. The molecule has 3 aromatic rings. The predicted molar refractivity (Wildman–Crippen MR) is 169 cm³/mol. The minimum absolute atomic E-state index is 0.0177. The summed E-state index contributed by atoms with van der Waals surface area (Å²) in [6.45, 7) is 7.83. The Morgan fingerprint density at radius 2 is 1.89 bits per heavy atom. The summed E-state index contributed by atoms with van der Waals surface area (Å²) in [5.74, 6) is -0.268. The second-order valence-corrected chi connectivity index (χ2v) is 19.1. The largest absolute Gasteiger partial charge is 0.489 e. The number of anilines is 1. The van der Waals surface area contributed by atoms with Gasteiger partial charge in [0.2, 0.25) is 5.91 Å². The summed E-state index contributed by atoms with van der Waals surface area (Å²) < 4.78 is 53.8. The maximum atomic E-state index is 13.3. The number of rotatable bonds is 12. The molecule has 1 saturated carbocycles. The summed E-state index contributed by atoms with van der Waals surface area (Å²) in [6, 6.07) is 7.45. The molecule has 1 atom stereocenters. The summed E-state index contributed by atoms with van der Waals surface area (Å²) >= 11 is 0. The van der Waals surface area contributed by atoms with Gasteiger partial charge in [-0.3, -0.25) is 14.3 Å². The van der Waals surface area contributed by atoms with Crippen molar-refractivity contribution in [2.24, 2.45) is 5.92 Å². The molecule has 1 saturated heterocycles. The number of benzene rings is 1. The summed E-state index contributed by atoms with van der Waals surface area (Å²) in [5.41, 5.74) is -0.673. The standard InChI is InChI=1S/C32H42F3N5O5Si/c1-46(2,3)14-13-44-20-39-24(11-12-30(39)42)19-45-28-16-26-22(17-40(38-26)23-9-7-21(18-41)8-10-23)15-27(28)37-31(43)25-5-4-6-29(36-25)32(33,34)35/h4-6,15-17,21,23-24,41H,7-14,18-20H2,1-3H3,(H,37,43)/t21-,23-,24-/m0/s1. The molecule has 2 aromatic heterocycles. The second-order valence-electron chi connectivity index (χ2n) is 13.4. The highest BCUT2D eigenvalue weighted by atomic mass is 28.3. The van der Waals surface area contributed by atoms with E-state index in [2.05, 4.69) is 29.9 Å². The molecular formula is C32H42F3N5O5Si. The van der Waals surface area contributed by atoms with Gasteiger partial charge in [-0.25, -0.2) is 4.98 Å². The first-order valence-electron chi connectivity index (χ1n) is 15.8. The topological polar surface area (TPSA) is 119 Å². The van der Waals surface area contributed by atoms with E-state index in [4.69, 9.17) is 14.6 Å². The number of hydrogen-bond donors (Lipinski definition) is 2. The zero-order valence-electron chi connectivity index (χ0n) is 26.5. The van der Waals surface area contributed by atoms with Crippen LogP contribution in [0.2, 0.25) is 25.7 Å². The van der Waals surface area contributed by atoms with E-state index in [1.165, 1.54) is 6.07 Å². The number of likely N-dealkylation sites (tertiary alicyclic amines) is 1. The highest BCUT2D eigenvalue weighted by Crippen LogP contribution is 2.36. The molecule has 3 heterocycles. The second kappa shape index (κ2) is 14.1. The van der Waals surface area contributed by atoms with Crippen LogP contribution in [0.1, 0.15) is 60.7 Å². The average Bonchev–Trinajstić information content (AvgIpc) is 3.59. The van der Waals surface area contributed by atoms with Crippen molar-refractivity contribution in [2.75, 3.05) is 31.9 Å². The van der Waals surface area contributed by atoms with E-state index < -0.39 is 25.9 Å². The Hall–Kier alpha value is -3.49. The number of fused-ring (bicyclic) bond motifs is 1. The van der Waals surface area contributed by atoms with E-state index in [-0.39, 0.29) is 55.1 Å². The number of aliphatic hydroxyl groups excluding tert-OH is 1. The Morgan fingerprint density at radius 3 is 2.59 bits per heavy atom. The van der Waals surface area contributed by atoms with Gasteiger partial charge < -0.3 is 24.8 Å². The quantitative estimate of drug-likeness (QED) is 0.178. The summed E-state index contributed by atoms with van der Waals surface area (Å²) in [7, 11) is -1.29. The van der Waals surface area contributed by atoms with Gasteiger partial charge in [-0.05, 0) is 62.3 Å². The van der Waals surface area contributed by atoms with Crippen molar-refractivity contribution in [3.63, 3.8) is 0 Å². The molecule has 0 radical (unpaired) electrons. The van der Waals surface area contributed by atoms with Gasteiger partial charge in [0, 0.05) is 45.4 Å². The van der Waals surface area contributed by atoms with E-state index in [0.29, 0.717) is 30.9 Å². The Bertz CT molecular complexity index is 1530. The van der Waals surface area contributed by atoms with Crippen LogP contribution >= 0.6 is 0 Å². The highest BCUT2D eigenvalue weighted by molar-refractivity contribution is 6.76. The maximum Gasteiger partial charge on any atom is 0.433 e. The molecule has 1 aromatic carbocycles. The number of ether oxygens (including phenoxy) is 2. The molecule has 2 fully saturated rings. The molecular weight excluding hydrogens is 619 g/mol. The lowest BCUT2D eigenvalue weighted by Crippen LogP contribution is -2.39. The Labute approximate surface area is 267 Å². The molecule has 10 nitrogen and oxygen atoms in total.